The Morgan fingerprint density at radius 1 is 0.300 bits per heavy atom. The third kappa shape index (κ3) is 4.84. The smallest absolute Gasteiger partial charge is 0.0533 e. The van der Waals surface area contributed by atoms with E-state index in [9.17, 15) is 0 Å². The second-order valence-corrected chi connectivity index (χ2v) is 3.18. The minimum absolute atomic E-state index is 0. The van der Waals surface area contributed by atoms with Crippen molar-refractivity contribution in [1.29, 1.82) is 0 Å². The lowest BCUT2D eigenvalue weighted by atomic mass is 10.1. The van der Waals surface area contributed by atoms with Gasteiger partial charge in [0, 0.05) is 0 Å². The number of hydrogen-bond acceptors (Lipinski definition) is 0. The number of hydrogen-bond donors (Lipinski definition) is 0. The molecule has 1 saturated carbocycles. The SMILES string of the molecule is C.C1CCCCCCCC1. The highest BCUT2D eigenvalue weighted by Gasteiger charge is 1.95. The second-order valence-electron chi connectivity index (χ2n) is 3.18. The van der Waals surface area contributed by atoms with Crippen molar-refractivity contribution in [3.05, 3.63) is 0 Å². The van der Waals surface area contributed by atoms with Crippen LogP contribution in [0.25, 0.3) is 0 Å². The Hall–Kier alpha value is 0. The molecule has 1 rings (SSSR count). The van der Waals surface area contributed by atoms with Crippen LogP contribution in [-0.2, 0) is 0 Å². The van der Waals surface area contributed by atoms with E-state index >= 15 is 0 Å². The van der Waals surface area contributed by atoms with Gasteiger partial charge in [-0.05, 0) is 0 Å². The lowest BCUT2D eigenvalue weighted by Crippen LogP contribution is -1.73. The van der Waals surface area contributed by atoms with Gasteiger partial charge in [0.1, 0.15) is 0 Å². The molecule has 0 aromatic rings. The molecule has 1 aliphatic rings. The monoisotopic (exact) mass is 142 g/mol. The van der Waals surface area contributed by atoms with Crippen molar-refractivity contribution in [2.24, 2.45) is 0 Å². The minimum atomic E-state index is 0. The Morgan fingerprint density at radius 2 is 0.400 bits per heavy atom. The fourth-order valence-electron chi connectivity index (χ4n) is 1.59. The van der Waals surface area contributed by atoms with Gasteiger partial charge in [0.25, 0.3) is 0 Å². The fourth-order valence-corrected chi connectivity index (χ4v) is 1.59. The van der Waals surface area contributed by atoms with E-state index in [2.05, 4.69) is 0 Å². The molecular formula is C10H22. The molecule has 0 heteroatoms. The zero-order valence-electron chi connectivity index (χ0n) is 6.36. The molecular weight excluding hydrogens is 120 g/mol. The van der Waals surface area contributed by atoms with E-state index in [1.54, 1.807) is 0 Å². The summed E-state index contributed by atoms with van der Waals surface area (Å²) in [5.41, 5.74) is 0. The van der Waals surface area contributed by atoms with Crippen molar-refractivity contribution in [1.82, 2.24) is 0 Å². The van der Waals surface area contributed by atoms with Gasteiger partial charge in [-0.25, -0.2) is 0 Å². The van der Waals surface area contributed by atoms with Crippen LogP contribution in [0.5, 0.6) is 0 Å². The predicted molar refractivity (Wildman–Crippen MR) is 48.3 cm³/mol. The highest BCUT2D eigenvalue weighted by molar-refractivity contribution is 4.51. The summed E-state index contributed by atoms with van der Waals surface area (Å²) in [5.74, 6) is 0. The summed E-state index contributed by atoms with van der Waals surface area (Å²) in [7, 11) is 0. The first-order chi connectivity index (χ1) is 4.50. The Labute approximate surface area is 66.0 Å². The van der Waals surface area contributed by atoms with E-state index in [1.807, 2.05) is 0 Å². The van der Waals surface area contributed by atoms with Crippen molar-refractivity contribution in [2.45, 2.75) is 65.2 Å². The third-order valence-corrected chi connectivity index (χ3v) is 2.25. The van der Waals surface area contributed by atoms with Crippen molar-refractivity contribution < 1.29 is 0 Å². The van der Waals surface area contributed by atoms with Gasteiger partial charge < -0.3 is 0 Å². The normalized spacial score (nSPS) is 21.6. The minimum Gasteiger partial charge on any atom is -0.0776 e. The molecule has 0 nitrogen and oxygen atoms in total. The lowest BCUT2D eigenvalue weighted by molar-refractivity contribution is 0.624. The summed E-state index contributed by atoms with van der Waals surface area (Å²) in [6.07, 6.45) is 13.5. The highest BCUT2D eigenvalue weighted by Crippen LogP contribution is 2.15. The van der Waals surface area contributed by atoms with Crippen LogP contribution in [0.4, 0.5) is 0 Å². The molecule has 0 amide bonds. The number of rotatable bonds is 0. The maximum atomic E-state index is 1.50. The van der Waals surface area contributed by atoms with Crippen LogP contribution in [0.15, 0.2) is 0 Å². The molecule has 0 aromatic carbocycles. The molecule has 1 aliphatic carbocycles. The molecule has 0 heterocycles. The standard InChI is InChI=1S/C9H18.CH4/c1-2-4-6-8-9-7-5-3-1;/h1-9H2;1H4. The molecule has 0 radical (unpaired) electrons. The molecule has 0 aromatic heterocycles. The average Bonchev–Trinajstić information content (AvgIpc) is 2.00. The Kier molecular flexibility index (Phi) is 7.11. The predicted octanol–water partition coefficient (Wildman–Crippen LogP) is 4.15. The maximum absolute atomic E-state index is 1.50. The van der Waals surface area contributed by atoms with Gasteiger partial charge in [-0.3, -0.25) is 0 Å². The van der Waals surface area contributed by atoms with Gasteiger partial charge in [0.2, 0.25) is 0 Å². The van der Waals surface area contributed by atoms with Crippen molar-refractivity contribution >= 4 is 0 Å². The molecule has 10 heavy (non-hydrogen) atoms. The molecule has 0 spiro atoms. The van der Waals surface area contributed by atoms with E-state index in [-0.39, 0.29) is 7.43 Å². The quantitative estimate of drug-likeness (QED) is 0.476. The molecule has 1 fully saturated rings. The van der Waals surface area contributed by atoms with Crippen molar-refractivity contribution in [3.63, 3.8) is 0 Å². The molecule has 0 saturated heterocycles. The van der Waals surface area contributed by atoms with Gasteiger partial charge in [-0.1, -0.05) is 65.2 Å². The second kappa shape index (κ2) is 7.11. The molecule has 0 bridgehead atoms. The summed E-state index contributed by atoms with van der Waals surface area (Å²) in [5, 5.41) is 0. The van der Waals surface area contributed by atoms with Crippen molar-refractivity contribution in [2.75, 3.05) is 0 Å². The van der Waals surface area contributed by atoms with Crippen LogP contribution in [0.3, 0.4) is 0 Å². The fraction of sp³-hybridized carbons (Fsp3) is 1.00. The zero-order valence-corrected chi connectivity index (χ0v) is 6.36. The molecule has 0 atom stereocenters. The van der Waals surface area contributed by atoms with E-state index in [4.69, 9.17) is 0 Å². The van der Waals surface area contributed by atoms with Gasteiger partial charge >= 0.3 is 0 Å². The van der Waals surface area contributed by atoms with E-state index < -0.39 is 0 Å². The van der Waals surface area contributed by atoms with Gasteiger partial charge in [0.05, 0.1) is 0 Å². The molecule has 0 N–H and O–H groups in total. The van der Waals surface area contributed by atoms with Crippen LogP contribution in [0, 0.1) is 0 Å². The molecule has 0 unspecified atom stereocenters. The first-order valence-corrected chi connectivity index (χ1v) is 4.50. The lowest BCUT2D eigenvalue weighted by Gasteiger charge is -1.93. The van der Waals surface area contributed by atoms with E-state index in [0.717, 1.165) is 0 Å². The van der Waals surface area contributed by atoms with Gasteiger partial charge in [-0.2, -0.15) is 0 Å². The van der Waals surface area contributed by atoms with Crippen LogP contribution >= 0.6 is 0 Å². The Balaban J connectivity index is 0.000000810. The Bertz CT molecular complexity index is 28.5. The summed E-state index contributed by atoms with van der Waals surface area (Å²) >= 11 is 0. The van der Waals surface area contributed by atoms with Crippen LogP contribution in [0.2, 0.25) is 0 Å². The van der Waals surface area contributed by atoms with Crippen LogP contribution < -0.4 is 0 Å². The van der Waals surface area contributed by atoms with Crippen LogP contribution in [0.1, 0.15) is 65.2 Å². The summed E-state index contributed by atoms with van der Waals surface area (Å²) in [6.45, 7) is 0. The molecule has 62 valence electrons. The third-order valence-electron chi connectivity index (χ3n) is 2.25. The Morgan fingerprint density at radius 3 is 0.500 bits per heavy atom. The average molecular weight is 142 g/mol. The van der Waals surface area contributed by atoms with E-state index in [1.165, 1.54) is 57.8 Å². The van der Waals surface area contributed by atoms with E-state index in [0.29, 0.717) is 0 Å². The van der Waals surface area contributed by atoms with Gasteiger partial charge in [0.15, 0.2) is 0 Å². The van der Waals surface area contributed by atoms with Gasteiger partial charge in [-0.15, -0.1) is 0 Å². The van der Waals surface area contributed by atoms with Crippen molar-refractivity contribution in [3.8, 4) is 0 Å². The summed E-state index contributed by atoms with van der Waals surface area (Å²) in [4.78, 5) is 0. The zero-order chi connectivity index (χ0) is 6.36. The summed E-state index contributed by atoms with van der Waals surface area (Å²) < 4.78 is 0. The first-order valence-electron chi connectivity index (χ1n) is 4.50. The van der Waals surface area contributed by atoms with Crippen LogP contribution in [-0.4, -0.2) is 0 Å². The highest BCUT2D eigenvalue weighted by atomic mass is 14.0. The first kappa shape index (κ1) is 10.0. The largest absolute Gasteiger partial charge is 0.0776 e. The molecule has 0 aliphatic heterocycles. The summed E-state index contributed by atoms with van der Waals surface area (Å²) in [6, 6.07) is 0. The maximum Gasteiger partial charge on any atom is -0.0533 e. The topological polar surface area (TPSA) is 0 Å².